The Balaban J connectivity index is 0.000000221. The number of nitrogens with two attached hydrogens (primary N) is 1. The number of nitrogens with zero attached hydrogens (tertiary/aromatic N) is 12. The number of ether oxygens (including phenoxy) is 3. The smallest absolute Gasteiger partial charge is 0.480 e. The van der Waals surface area contributed by atoms with E-state index in [4.69, 9.17) is 61.7 Å². The van der Waals surface area contributed by atoms with Gasteiger partial charge in [-0.05, 0) is 272 Å². The highest BCUT2D eigenvalue weighted by Crippen LogP contribution is 2.28. The van der Waals surface area contributed by atoms with Crippen molar-refractivity contribution in [1.29, 1.82) is 0 Å². The number of methoxy groups -OCH3 is 3. The summed E-state index contributed by atoms with van der Waals surface area (Å²) < 4.78 is 17.7. The summed E-state index contributed by atoms with van der Waals surface area (Å²) in [5.74, 6) is -1.72. The number of benzene rings is 2. The summed E-state index contributed by atoms with van der Waals surface area (Å²) in [5, 5.41) is 52.5. The molecule has 0 amide bonds. The van der Waals surface area contributed by atoms with Gasteiger partial charge in [-0.1, -0.05) is 90.5 Å². The Kier molecular flexibility index (Phi) is 44.7. The van der Waals surface area contributed by atoms with E-state index in [-0.39, 0.29) is 18.3 Å². The lowest BCUT2D eigenvalue weighted by atomic mass is 9.81. The van der Waals surface area contributed by atoms with E-state index in [2.05, 4.69) is 123 Å². The molecule has 6 heterocycles. The predicted molar refractivity (Wildman–Crippen MR) is 468 cm³/mol. The van der Waals surface area contributed by atoms with Crippen LogP contribution in [0.25, 0.3) is 11.1 Å². The van der Waals surface area contributed by atoms with Gasteiger partial charge in [-0.15, -0.1) is 0 Å². The first-order valence-electron chi connectivity index (χ1n) is 41.1. The quantitative estimate of drug-likeness (QED) is 0.0100. The molecule has 3 aliphatic carbocycles. The lowest BCUT2D eigenvalue weighted by Gasteiger charge is -2.27. The second kappa shape index (κ2) is 54.3. The van der Waals surface area contributed by atoms with Gasteiger partial charge in [0.2, 0.25) is 0 Å². The number of aliphatic carboxylic acids is 3. The molecule has 2 aromatic carbocycles. The number of nitrogens with one attached hydrogen (secondary N) is 2. The third-order valence-corrected chi connectivity index (χ3v) is 22.6. The Labute approximate surface area is 713 Å². The summed E-state index contributed by atoms with van der Waals surface area (Å²) in [6.07, 6.45) is 34.4. The number of carboxylic acid groups (broad SMARTS) is 3. The van der Waals surface area contributed by atoms with Crippen molar-refractivity contribution < 1.29 is 54.0 Å². The molecule has 11 rings (SSSR count). The van der Waals surface area contributed by atoms with E-state index in [1.807, 2.05) is 57.2 Å². The van der Waals surface area contributed by atoms with Gasteiger partial charge in [-0.25, -0.2) is 39.5 Å². The van der Waals surface area contributed by atoms with Crippen LogP contribution in [-0.4, -0.2) is 227 Å². The molecule has 6 atom stereocenters. The fourth-order valence-corrected chi connectivity index (χ4v) is 14.6. The molecule has 9 N–H and O–H groups in total. The molecule has 26 nitrogen and oxygen atoms in total. The minimum absolute atomic E-state index is 0.0649. The summed E-state index contributed by atoms with van der Waals surface area (Å²) in [7, 11) is 3.78. The first kappa shape index (κ1) is 96.2. The molecule has 30 heteroatoms. The minimum atomic E-state index is -1.34. The highest BCUT2D eigenvalue weighted by molar-refractivity contribution is 9.11. The number of unbranched alkanes of at least 4 members (excludes halogenated alkanes) is 3. The van der Waals surface area contributed by atoms with Crippen LogP contribution in [0.2, 0.25) is 5.15 Å². The summed E-state index contributed by atoms with van der Waals surface area (Å²) in [5.41, 5.74) is 19.6. The van der Waals surface area contributed by atoms with Crippen LogP contribution in [0.15, 0.2) is 144 Å². The Morgan fingerprint density at radius 1 is 0.479 bits per heavy atom. The van der Waals surface area contributed by atoms with Crippen molar-refractivity contribution in [3.05, 3.63) is 200 Å². The molecule has 0 aliphatic heterocycles. The summed E-state index contributed by atoms with van der Waals surface area (Å²) in [6, 6.07) is 29.4. The van der Waals surface area contributed by atoms with Crippen molar-refractivity contribution >= 4 is 85.6 Å². The number of carboxylic acids is 3. The van der Waals surface area contributed by atoms with Crippen molar-refractivity contribution in [1.82, 2.24) is 59.6 Å². The van der Waals surface area contributed by atoms with Crippen LogP contribution in [0.1, 0.15) is 168 Å². The fraction of sp³-hybridized carbons (Fsp3) is 0.517. The van der Waals surface area contributed by atoms with Crippen LogP contribution < -0.4 is 21.8 Å². The molecule has 8 aromatic rings. The maximum absolute atomic E-state index is 12.2. The average Bonchev–Trinajstić information content (AvgIpc) is 0.960. The van der Waals surface area contributed by atoms with Crippen LogP contribution in [-0.2, 0) is 86.4 Å². The number of pyridine rings is 3. The van der Waals surface area contributed by atoms with E-state index in [9.17, 15) is 24.6 Å². The molecule has 6 aromatic heterocycles. The molecule has 0 spiro atoms. The van der Waals surface area contributed by atoms with Crippen molar-refractivity contribution in [3.63, 3.8) is 0 Å². The third-order valence-electron chi connectivity index (χ3n) is 20.9. The third kappa shape index (κ3) is 36.3. The number of hydrogen-bond donors (Lipinski definition) is 8. The maximum Gasteiger partial charge on any atom is 0.488 e. The van der Waals surface area contributed by atoms with Crippen LogP contribution in [0.5, 0.6) is 0 Å². The van der Waals surface area contributed by atoms with Gasteiger partial charge >= 0.3 is 25.0 Å². The second-order valence-corrected chi connectivity index (χ2v) is 32.0. The fourth-order valence-electron chi connectivity index (χ4n) is 14.0. The van der Waals surface area contributed by atoms with E-state index < -0.39 is 43.2 Å². The maximum atomic E-state index is 12.2. The van der Waals surface area contributed by atoms with Crippen molar-refractivity contribution in [3.8, 4) is 11.1 Å². The lowest BCUT2D eigenvalue weighted by molar-refractivity contribution is -0.139. The second-order valence-electron chi connectivity index (χ2n) is 30.0. The van der Waals surface area contributed by atoms with E-state index >= 15 is 0 Å². The zero-order valence-corrected chi connectivity index (χ0v) is 72.8. The summed E-state index contributed by atoms with van der Waals surface area (Å²) in [6.45, 7) is 13.1. The Hall–Kier alpha value is -7.91. The molecule has 0 saturated carbocycles. The average molecular weight is 1760 g/mol. The number of aryl methyl sites for hydroxylation is 9. The van der Waals surface area contributed by atoms with Crippen molar-refractivity contribution in [2.45, 2.75) is 211 Å². The molecule has 117 heavy (non-hydrogen) atoms. The topological polar surface area (TPSA) is 356 Å². The standard InChI is InChI=1S/C31H41N5O3.C25H36BrN5O3.C21H35N3O3.C6H7BO2.C4H2BrClN2/c1-23(39-2)21-36(18-9-8-13-26-16-15-25-12-6-7-14-28(25)34-26)19-17-29(31(37)38)35-30-27(20-32-22-33-30)24-10-4-3-5-11-24;1-18(34-2)16-31(14-12-23(25(32)33)30-24-21(26)15-27-17-28-24)13-6-5-8-20-11-10-19-7-3-4-9-22(19)29-20;1-16(27-2)15-24(14-12-19(22)21(25)26)13-6-5-8-18-11-10-17-7-3-4-9-20(17)23-18;8-7(9)6-4-2-1-3-5-6;5-3-1-7-2-8-4(3)6/h3-5,10-11,15-16,20,22-23,29H,6-9,12-14,17-19,21H2,1-2H3,(H,37,38)(H,32,33,35);10-11,15,17-18,23H,3-9,12-14,16H2,1-2H3,(H,32,33)(H,27,28,30);10-11,16,19H,3-9,12-15,22H2,1-2H3,(H,25,26);1-5,8-9H;1-2H/t23-,29+;18-,23+;16-,19+;;/m111../s1. The Morgan fingerprint density at radius 3 is 1.22 bits per heavy atom. The number of aromatic nitrogens is 9. The van der Waals surface area contributed by atoms with E-state index in [1.165, 1.54) is 115 Å². The van der Waals surface area contributed by atoms with Crippen LogP contribution in [0.4, 0.5) is 11.6 Å². The number of anilines is 2. The first-order valence-corrected chi connectivity index (χ1v) is 43.0. The first-order chi connectivity index (χ1) is 56.6. The van der Waals surface area contributed by atoms with Crippen LogP contribution in [0, 0.1) is 0 Å². The molecule has 0 bridgehead atoms. The highest BCUT2D eigenvalue weighted by atomic mass is 79.9. The van der Waals surface area contributed by atoms with E-state index in [0.29, 0.717) is 65.6 Å². The van der Waals surface area contributed by atoms with Gasteiger partial charge in [0.15, 0.2) is 0 Å². The Bertz CT molecular complexity index is 4180. The monoisotopic (exact) mass is 1760 g/mol. The lowest BCUT2D eigenvalue weighted by Crippen LogP contribution is -2.38. The van der Waals surface area contributed by atoms with Gasteiger partial charge in [-0.3, -0.25) is 19.7 Å². The molecular formula is C87H121BBr2ClN15O11. The van der Waals surface area contributed by atoms with Crippen molar-refractivity contribution in [2.24, 2.45) is 5.73 Å². The number of fused-ring (bicyclic) bond motifs is 3. The van der Waals surface area contributed by atoms with Gasteiger partial charge in [0.05, 0.1) is 27.3 Å². The molecule has 3 aliphatic rings. The molecule has 0 saturated heterocycles. The molecular weight excluding hydrogens is 1640 g/mol. The minimum Gasteiger partial charge on any atom is -0.480 e. The van der Waals surface area contributed by atoms with Crippen LogP contribution >= 0.6 is 43.5 Å². The van der Waals surface area contributed by atoms with Gasteiger partial charge < -0.3 is 70.6 Å². The largest absolute Gasteiger partial charge is 0.488 e. The van der Waals surface area contributed by atoms with Gasteiger partial charge in [0, 0.05) is 119 Å². The van der Waals surface area contributed by atoms with Gasteiger partial charge in [0.1, 0.15) is 53.9 Å². The number of rotatable bonds is 42. The summed E-state index contributed by atoms with van der Waals surface area (Å²) in [4.78, 5) is 80.5. The zero-order valence-electron chi connectivity index (χ0n) is 68.8. The predicted octanol–water partition coefficient (Wildman–Crippen LogP) is 12.8. The number of hydrogen-bond acceptors (Lipinski definition) is 23. The molecule has 634 valence electrons. The van der Waals surface area contributed by atoms with E-state index in [0.717, 1.165) is 145 Å². The molecule has 0 fully saturated rings. The van der Waals surface area contributed by atoms with Crippen molar-refractivity contribution in [2.75, 3.05) is 90.9 Å². The number of halogens is 3. The summed E-state index contributed by atoms with van der Waals surface area (Å²) >= 11 is 12.0. The SMILES string of the molecule is CO[C@H](C)CN(CCCCc1ccc2c(n1)CCCC2)CC[C@H](N)C(=O)O.CO[C@H](C)CN(CCCCc1ccc2c(n1)CCCC2)CC[C@H](Nc1ncncc1-c1ccccc1)C(=O)O.CO[C@H](C)CN(CCCCc1ccc2c(n1)CCCC2)CC[C@H](Nc1ncncc1Br)C(=O)O.Clc1ncncc1Br.OB(O)c1ccccc1. The van der Waals surface area contributed by atoms with Gasteiger partial charge in [0.25, 0.3) is 0 Å². The highest BCUT2D eigenvalue weighted by Gasteiger charge is 2.25. The molecule has 0 unspecified atom stereocenters. The molecule has 0 radical (unpaired) electrons. The zero-order chi connectivity index (χ0) is 84.1. The van der Waals surface area contributed by atoms with Crippen LogP contribution in [0.3, 0.4) is 0 Å². The van der Waals surface area contributed by atoms with E-state index in [1.54, 1.807) is 64.2 Å². The number of carbonyl (C=O) groups is 3. The van der Waals surface area contributed by atoms with Gasteiger partial charge in [-0.2, -0.15) is 0 Å². The Morgan fingerprint density at radius 2 is 0.855 bits per heavy atom. The normalized spacial score (nSPS) is 14.3.